The number of nitrogens with zero attached hydrogens (tertiary/aromatic N) is 4. The van der Waals surface area contributed by atoms with Crippen LogP contribution in [-0.2, 0) is 22.5 Å². The minimum atomic E-state index is -4.21. The SMILES string of the molecule is C#CCSc1nc2ccccc2n1CCSC.CSCCN1/C(=C/c2ccc3cc(C)ccc3[n+]2CS(=O)(=O)O)Sc2cc(C)ccc21. The molecule has 0 aliphatic carbocycles. The van der Waals surface area contributed by atoms with Crippen molar-refractivity contribution in [3.8, 4) is 12.3 Å². The van der Waals surface area contributed by atoms with Gasteiger partial charge in [-0.3, -0.25) is 4.55 Å². The first-order valence-electron chi connectivity index (χ1n) is 15.3. The Morgan fingerprint density at radius 2 is 1.71 bits per heavy atom. The Morgan fingerprint density at radius 3 is 2.46 bits per heavy atom. The van der Waals surface area contributed by atoms with Gasteiger partial charge < -0.3 is 9.47 Å². The van der Waals surface area contributed by atoms with Gasteiger partial charge in [0.05, 0.1) is 27.5 Å². The van der Waals surface area contributed by atoms with Crippen LogP contribution in [0, 0.1) is 26.2 Å². The van der Waals surface area contributed by atoms with Gasteiger partial charge in [-0.1, -0.05) is 59.3 Å². The van der Waals surface area contributed by atoms with Crippen LogP contribution in [0.25, 0.3) is 28.0 Å². The molecule has 12 heteroatoms. The normalized spacial score (nSPS) is 13.5. The summed E-state index contributed by atoms with van der Waals surface area (Å²) in [6.45, 7) is 5.93. The number of rotatable bonds is 11. The first-order chi connectivity index (χ1) is 23.1. The van der Waals surface area contributed by atoms with Gasteiger partial charge in [-0.15, -0.1) is 6.42 Å². The molecule has 0 saturated carbocycles. The summed E-state index contributed by atoms with van der Waals surface area (Å²) in [5.74, 6) is 4.89. The lowest BCUT2D eigenvalue weighted by Crippen LogP contribution is -2.41. The number of para-hydroxylation sites is 2. The van der Waals surface area contributed by atoms with Gasteiger partial charge in [-0.25, -0.2) is 4.98 Å². The predicted molar refractivity (Wildman–Crippen MR) is 209 cm³/mol. The third-order valence-electron chi connectivity index (χ3n) is 7.61. The molecule has 6 rings (SSSR count). The van der Waals surface area contributed by atoms with E-state index in [1.165, 1.54) is 21.7 Å². The van der Waals surface area contributed by atoms with Crippen molar-refractivity contribution in [2.24, 2.45) is 0 Å². The summed E-state index contributed by atoms with van der Waals surface area (Å²) in [6, 6.07) is 24.5. The summed E-state index contributed by atoms with van der Waals surface area (Å²) in [5, 5.41) is 3.01. The predicted octanol–water partition coefficient (Wildman–Crippen LogP) is 7.99. The van der Waals surface area contributed by atoms with Crippen LogP contribution in [0.2, 0.25) is 0 Å². The number of anilines is 1. The summed E-state index contributed by atoms with van der Waals surface area (Å²) < 4.78 is 37.2. The molecule has 2 aromatic heterocycles. The van der Waals surface area contributed by atoms with Crippen LogP contribution >= 0.6 is 47.0 Å². The van der Waals surface area contributed by atoms with Gasteiger partial charge in [0, 0.05) is 53.1 Å². The second kappa shape index (κ2) is 16.6. The van der Waals surface area contributed by atoms with E-state index in [1.807, 2.05) is 67.2 Å². The number of fused-ring (bicyclic) bond motifs is 3. The van der Waals surface area contributed by atoms with E-state index >= 15 is 0 Å². The second-order valence-corrected chi connectivity index (χ2v) is 16.6. The molecular formula is C36H39N4O3S5+. The van der Waals surface area contributed by atoms with Crippen molar-refractivity contribution in [3.05, 3.63) is 94.6 Å². The molecular weight excluding hydrogens is 697 g/mol. The Bertz CT molecular complexity index is 2100. The van der Waals surface area contributed by atoms with Gasteiger partial charge >= 0.3 is 10.1 Å². The molecule has 48 heavy (non-hydrogen) atoms. The molecule has 7 nitrogen and oxygen atoms in total. The Labute approximate surface area is 300 Å². The molecule has 0 saturated heterocycles. The highest BCUT2D eigenvalue weighted by molar-refractivity contribution is 8.04. The van der Waals surface area contributed by atoms with Crippen LogP contribution < -0.4 is 9.47 Å². The van der Waals surface area contributed by atoms with Crippen molar-refractivity contribution in [1.29, 1.82) is 0 Å². The summed E-state index contributed by atoms with van der Waals surface area (Å²) in [4.78, 5) is 8.11. The number of hydrogen-bond acceptors (Lipinski definition) is 8. The van der Waals surface area contributed by atoms with Crippen LogP contribution in [0.15, 0.2) is 87.9 Å². The van der Waals surface area contributed by atoms with Gasteiger partial charge in [0.1, 0.15) is 0 Å². The van der Waals surface area contributed by atoms with Crippen LogP contribution in [0.5, 0.6) is 0 Å². The molecule has 0 unspecified atom stereocenters. The second-order valence-electron chi connectivity index (χ2n) is 11.2. The summed E-state index contributed by atoms with van der Waals surface area (Å²) in [7, 11) is -4.21. The summed E-state index contributed by atoms with van der Waals surface area (Å²) >= 11 is 6.96. The van der Waals surface area contributed by atoms with Gasteiger partial charge in [0.25, 0.3) is 5.88 Å². The molecule has 1 N–H and O–H groups in total. The minimum absolute atomic E-state index is 0.492. The molecule has 5 aromatic rings. The average molecular weight is 736 g/mol. The lowest BCUT2D eigenvalue weighted by Gasteiger charge is -2.20. The molecule has 0 radical (unpaired) electrons. The fraction of sp³-hybridized carbons (Fsp3) is 0.278. The first-order valence-corrected chi connectivity index (χ1v) is 21.5. The van der Waals surface area contributed by atoms with E-state index in [2.05, 4.69) is 70.1 Å². The lowest BCUT2D eigenvalue weighted by molar-refractivity contribution is -0.653. The monoisotopic (exact) mass is 735 g/mol. The minimum Gasteiger partial charge on any atom is -0.334 e. The van der Waals surface area contributed by atoms with Crippen LogP contribution in [0.3, 0.4) is 0 Å². The molecule has 0 spiro atoms. The third-order valence-corrected chi connectivity index (χ3v) is 11.4. The molecule has 0 atom stereocenters. The number of imidazole rings is 1. The zero-order valence-electron chi connectivity index (χ0n) is 27.4. The van der Waals surface area contributed by atoms with Gasteiger partial charge in [0.2, 0.25) is 11.2 Å². The van der Waals surface area contributed by atoms with Crippen molar-refractivity contribution >= 4 is 90.9 Å². The van der Waals surface area contributed by atoms with Crippen molar-refractivity contribution in [1.82, 2.24) is 9.55 Å². The largest absolute Gasteiger partial charge is 0.334 e. The Hall–Kier alpha value is -3.05. The number of terminal acetylenes is 1. The lowest BCUT2D eigenvalue weighted by atomic mass is 10.1. The fourth-order valence-corrected chi connectivity index (χ4v) is 8.72. The maximum atomic E-state index is 11.8. The number of aromatic nitrogens is 3. The van der Waals surface area contributed by atoms with Crippen LogP contribution in [0.1, 0.15) is 16.8 Å². The Morgan fingerprint density at radius 1 is 0.979 bits per heavy atom. The average Bonchev–Trinajstić information content (AvgIpc) is 3.58. The molecule has 3 heterocycles. The van der Waals surface area contributed by atoms with Crippen LogP contribution in [0.4, 0.5) is 5.69 Å². The van der Waals surface area contributed by atoms with Crippen molar-refractivity contribution < 1.29 is 17.5 Å². The molecule has 0 fully saturated rings. The highest BCUT2D eigenvalue weighted by Gasteiger charge is 2.28. The topological polar surface area (TPSA) is 79.3 Å². The van der Waals surface area contributed by atoms with Crippen molar-refractivity contribution in [2.75, 3.05) is 41.2 Å². The van der Waals surface area contributed by atoms with Crippen LogP contribution in [-0.4, -0.2) is 58.8 Å². The Kier molecular flexibility index (Phi) is 12.5. The maximum Gasteiger partial charge on any atom is 0.326 e. The maximum absolute atomic E-state index is 11.8. The third kappa shape index (κ3) is 8.94. The molecule has 1 aliphatic rings. The van der Waals surface area contributed by atoms with Gasteiger partial charge in [-0.05, 0) is 68.3 Å². The number of aryl methyl sites for hydroxylation is 3. The number of hydrogen-bond donors (Lipinski definition) is 1. The molecule has 3 aromatic carbocycles. The van der Waals surface area contributed by atoms with Crippen molar-refractivity contribution in [2.45, 2.75) is 36.3 Å². The zero-order valence-corrected chi connectivity index (χ0v) is 31.5. The van der Waals surface area contributed by atoms with E-state index in [1.54, 1.807) is 39.9 Å². The summed E-state index contributed by atoms with van der Waals surface area (Å²) in [6.07, 6.45) is 11.5. The van der Waals surface area contributed by atoms with E-state index < -0.39 is 16.0 Å². The smallest absolute Gasteiger partial charge is 0.326 e. The number of thioether (sulfide) groups is 4. The van der Waals surface area contributed by atoms with Gasteiger partial charge in [-0.2, -0.15) is 36.5 Å². The molecule has 0 amide bonds. The number of benzene rings is 3. The molecule has 250 valence electrons. The van der Waals surface area contributed by atoms with E-state index in [0.29, 0.717) is 5.75 Å². The highest BCUT2D eigenvalue weighted by Crippen LogP contribution is 2.47. The van der Waals surface area contributed by atoms with Gasteiger partial charge in [0.15, 0.2) is 5.16 Å². The molecule has 0 bridgehead atoms. The van der Waals surface area contributed by atoms with E-state index in [0.717, 1.165) is 62.5 Å². The summed E-state index contributed by atoms with van der Waals surface area (Å²) in [5.41, 5.74) is 7.22. The Balaban J connectivity index is 0.000000224. The standard InChI is InChI=1S/C23H24N2O3S3.C13H14N2S2/c1-16-4-8-20-18(12-16)6-7-19(25(20)15-31(26,27)28)14-23-24(10-11-29-3)21-9-5-17(2)13-22(21)30-23;1-3-9-17-13-14-11-6-4-5-7-12(11)15(13)8-10-16-2/h4-9,12-14H,10-11,15H2,1-3H3;1,4-7H,8-10H2,2H3/p+1. The van der Waals surface area contributed by atoms with Crippen molar-refractivity contribution in [3.63, 3.8) is 0 Å². The van der Waals surface area contributed by atoms with E-state index in [4.69, 9.17) is 6.42 Å². The first kappa shape index (κ1) is 36.2. The quantitative estimate of drug-likeness (QED) is 0.0629. The molecule has 1 aliphatic heterocycles. The number of pyridine rings is 1. The highest BCUT2D eigenvalue weighted by atomic mass is 32.2. The van der Waals surface area contributed by atoms with E-state index in [-0.39, 0.29) is 0 Å². The fourth-order valence-electron chi connectivity index (χ4n) is 5.42. The van der Waals surface area contributed by atoms with E-state index in [9.17, 15) is 13.0 Å². The zero-order chi connectivity index (χ0) is 34.3.